The van der Waals surface area contributed by atoms with Crippen molar-refractivity contribution in [3.63, 3.8) is 0 Å². The smallest absolute Gasteiger partial charge is 0.184 e. The molecule has 3 unspecified atom stereocenters. The molecule has 5 heteroatoms. The van der Waals surface area contributed by atoms with Crippen molar-refractivity contribution in [3.05, 3.63) is 130 Å². The minimum absolute atomic E-state index is 0.220. The zero-order chi connectivity index (χ0) is 30.4. The number of hydrogen-bond acceptors (Lipinski definition) is 5. The Labute approximate surface area is 265 Å². The molecule has 222 valence electrons. The zero-order valence-electron chi connectivity index (χ0n) is 25.8. The molecule has 3 atom stereocenters. The van der Waals surface area contributed by atoms with E-state index in [0.717, 1.165) is 53.1 Å². The van der Waals surface area contributed by atoms with Gasteiger partial charge in [-0.2, -0.15) is 0 Å². The third kappa shape index (κ3) is 5.18. The maximum atomic E-state index is 12.7. The van der Waals surface area contributed by atoms with E-state index in [-0.39, 0.29) is 16.4 Å². The van der Waals surface area contributed by atoms with Crippen LogP contribution in [0.1, 0.15) is 64.9 Å². The number of ketones is 1. The third-order valence-electron chi connectivity index (χ3n) is 9.67. The minimum atomic E-state index is -0.832. The van der Waals surface area contributed by atoms with E-state index >= 15 is 0 Å². The van der Waals surface area contributed by atoms with Crippen LogP contribution < -0.4 is 0 Å². The molecule has 0 spiro atoms. The predicted molar refractivity (Wildman–Crippen MR) is 180 cm³/mol. The highest BCUT2D eigenvalue weighted by Crippen LogP contribution is 2.64. The Morgan fingerprint density at radius 1 is 0.744 bits per heavy atom. The second-order valence-electron chi connectivity index (χ2n) is 12.7. The average Bonchev–Trinajstić information content (AvgIpc) is 3.42. The fourth-order valence-corrected chi connectivity index (χ4v) is 9.92. The van der Waals surface area contributed by atoms with Crippen LogP contribution in [0.15, 0.2) is 107 Å². The van der Waals surface area contributed by atoms with Crippen molar-refractivity contribution in [2.75, 3.05) is 20.1 Å². The summed E-state index contributed by atoms with van der Waals surface area (Å²) in [5.74, 6) is 0.502. The molecule has 3 heterocycles. The first-order chi connectivity index (χ1) is 20.6. The van der Waals surface area contributed by atoms with Crippen LogP contribution in [0.3, 0.4) is 0 Å². The number of thioether (sulfide) groups is 2. The van der Waals surface area contributed by atoms with Crippen LogP contribution >= 0.6 is 23.5 Å². The molecule has 4 aromatic carbocycles. The molecule has 0 aromatic heterocycles. The van der Waals surface area contributed by atoms with E-state index in [2.05, 4.69) is 86.5 Å². The molecule has 4 aromatic rings. The van der Waals surface area contributed by atoms with Crippen LogP contribution in [0.4, 0.5) is 0 Å². The van der Waals surface area contributed by atoms with E-state index < -0.39 is 10.3 Å². The summed E-state index contributed by atoms with van der Waals surface area (Å²) in [6, 6.07) is 33.3. The Kier molecular flexibility index (Phi) is 8.14. The van der Waals surface area contributed by atoms with Gasteiger partial charge in [0.15, 0.2) is 5.78 Å². The zero-order valence-corrected chi connectivity index (χ0v) is 27.4. The lowest BCUT2D eigenvalue weighted by Crippen LogP contribution is -2.51. The quantitative estimate of drug-likeness (QED) is 0.252. The molecule has 7 rings (SSSR count). The van der Waals surface area contributed by atoms with E-state index in [9.17, 15) is 9.90 Å². The first-order valence-corrected chi connectivity index (χ1v) is 16.9. The number of fused-ring (bicyclic) bond motifs is 2. The number of hydrogen-bond donors (Lipinski definition) is 1. The Hall–Kier alpha value is -2.83. The highest BCUT2D eigenvalue weighted by atomic mass is 32.2. The van der Waals surface area contributed by atoms with Crippen molar-refractivity contribution in [2.45, 2.75) is 65.4 Å². The highest BCUT2D eigenvalue weighted by molar-refractivity contribution is 8.01. The van der Waals surface area contributed by atoms with Gasteiger partial charge in [0, 0.05) is 15.4 Å². The fourth-order valence-electron chi connectivity index (χ4n) is 7.04. The van der Waals surface area contributed by atoms with Crippen LogP contribution in [-0.2, 0) is 15.1 Å². The summed E-state index contributed by atoms with van der Waals surface area (Å²) in [6.07, 6.45) is 2.09. The monoisotopic (exact) mass is 607 g/mol. The van der Waals surface area contributed by atoms with Crippen LogP contribution in [0.2, 0.25) is 0 Å². The summed E-state index contributed by atoms with van der Waals surface area (Å²) in [7, 11) is 2.18. The van der Waals surface area contributed by atoms with Gasteiger partial charge in [0.05, 0.1) is 4.75 Å². The molecule has 0 amide bonds. The molecule has 1 N–H and O–H groups in total. The van der Waals surface area contributed by atoms with Gasteiger partial charge in [-0.25, -0.2) is 0 Å². The number of carbonyl (C=O) groups excluding carboxylic acids is 1. The number of nitrogens with zero attached hydrogens (tertiary/aromatic N) is 1. The van der Waals surface area contributed by atoms with Gasteiger partial charge in [-0.3, -0.25) is 4.79 Å². The Bertz CT molecular complexity index is 1630. The van der Waals surface area contributed by atoms with Gasteiger partial charge in [-0.15, -0.1) is 23.5 Å². The van der Waals surface area contributed by atoms with Crippen LogP contribution in [0.5, 0.6) is 0 Å². The largest absolute Gasteiger partial charge is 0.383 e. The Balaban J connectivity index is 0.000000162. The standard InChI is InChI=1S/C22H27NOS.C16H14OS/c1-16-9-10-20-19(15-16)22(24,18-11-13-23(3)14-12-18)21(2,25-20)17-7-5-4-6-8-17;1-11-8-9-14-13(10-11)15(17)16(2,18-14)12-6-4-3-5-7-12/h4-10,15,18,24H,11-14H2,1-3H3;3-10H,1-2H3. The first kappa shape index (κ1) is 30.2. The second-order valence-corrected chi connectivity index (χ2v) is 15.6. The van der Waals surface area contributed by atoms with E-state index in [4.69, 9.17) is 0 Å². The van der Waals surface area contributed by atoms with Crippen molar-refractivity contribution in [1.82, 2.24) is 4.90 Å². The number of Topliss-reactive ketones (excluding diaryl/α,β-unsaturated/α-hetero) is 1. The summed E-state index contributed by atoms with van der Waals surface area (Å²) in [5.41, 5.74) is 5.83. The van der Waals surface area contributed by atoms with E-state index in [0.29, 0.717) is 0 Å². The topological polar surface area (TPSA) is 40.5 Å². The normalized spacial score (nSPS) is 26.9. The van der Waals surface area contributed by atoms with Crippen LogP contribution in [0, 0.1) is 19.8 Å². The number of carbonyl (C=O) groups is 1. The number of piperidine rings is 1. The summed E-state index contributed by atoms with van der Waals surface area (Å²) >= 11 is 3.50. The number of benzene rings is 4. The van der Waals surface area contributed by atoms with Gasteiger partial charge in [0.25, 0.3) is 0 Å². The van der Waals surface area contributed by atoms with Gasteiger partial charge in [-0.05, 0) is 101 Å². The number of rotatable bonds is 3. The number of likely N-dealkylation sites (tertiary alicyclic amines) is 1. The molecular weight excluding hydrogens is 567 g/mol. The van der Waals surface area contributed by atoms with Crippen molar-refractivity contribution < 1.29 is 9.90 Å². The molecule has 0 radical (unpaired) electrons. The lowest BCUT2D eigenvalue weighted by atomic mass is 9.67. The maximum Gasteiger partial charge on any atom is 0.184 e. The lowest BCUT2D eigenvalue weighted by molar-refractivity contribution is -0.0740. The highest BCUT2D eigenvalue weighted by Gasteiger charge is 2.59. The molecule has 0 aliphatic carbocycles. The van der Waals surface area contributed by atoms with E-state index in [1.807, 2.05) is 62.0 Å². The Morgan fingerprint density at radius 3 is 1.93 bits per heavy atom. The summed E-state index contributed by atoms with van der Waals surface area (Å²) in [4.78, 5) is 17.4. The van der Waals surface area contributed by atoms with Gasteiger partial charge in [0.1, 0.15) is 10.3 Å². The molecule has 3 aliphatic rings. The van der Waals surface area contributed by atoms with Crippen molar-refractivity contribution in [3.8, 4) is 0 Å². The number of aliphatic hydroxyl groups is 1. The third-order valence-corrected chi connectivity index (χ3v) is 12.6. The minimum Gasteiger partial charge on any atom is -0.383 e. The predicted octanol–water partition coefficient (Wildman–Crippen LogP) is 8.74. The van der Waals surface area contributed by atoms with Crippen molar-refractivity contribution >= 4 is 29.3 Å². The average molecular weight is 608 g/mol. The molecule has 3 nitrogen and oxygen atoms in total. The van der Waals surface area contributed by atoms with Crippen LogP contribution in [0.25, 0.3) is 0 Å². The van der Waals surface area contributed by atoms with E-state index in [1.54, 1.807) is 11.8 Å². The number of aryl methyl sites for hydroxylation is 2. The molecule has 0 saturated carbocycles. The lowest BCUT2D eigenvalue weighted by Gasteiger charge is -2.47. The van der Waals surface area contributed by atoms with Crippen molar-refractivity contribution in [1.29, 1.82) is 0 Å². The van der Waals surface area contributed by atoms with E-state index in [1.165, 1.54) is 16.0 Å². The molecule has 1 saturated heterocycles. The van der Waals surface area contributed by atoms with Gasteiger partial charge in [-0.1, -0.05) is 90.0 Å². The second kappa shape index (κ2) is 11.6. The maximum absolute atomic E-state index is 12.7. The van der Waals surface area contributed by atoms with Gasteiger partial charge in [0.2, 0.25) is 0 Å². The molecule has 0 bridgehead atoms. The summed E-state index contributed by atoms with van der Waals surface area (Å²) in [5, 5.41) is 12.3. The van der Waals surface area contributed by atoms with Crippen LogP contribution in [-0.4, -0.2) is 35.9 Å². The Morgan fingerprint density at radius 2 is 1.30 bits per heavy atom. The van der Waals surface area contributed by atoms with Crippen molar-refractivity contribution in [2.24, 2.45) is 5.92 Å². The fraction of sp³-hybridized carbons (Fsp3) is 0.342. The summed E-state index contributed by atoms with van der Waals surface area (Å²) < 4.78 is -0.831. The molecule has 43 heavy (non-hydrogen) atoms. The first-order valence-electron chi connectivity index (χ1n) is 15.2. The summed E-state index contributed by atoms with van der Waals surface area (Å²) in [6.45, 7) is 10.5. The van der Waals surface area contributed by atoms with Gasteiger partial charge >= 0.3 is 0 Å². The molecule has 1 fully saturated rings. The molecular formula is C38H41NO2S2. The van der Waals surface area contributed by atoms with Gasteiger partial charge < -0.3 is 10.0 Å². The molecule has 3 aliphatic heterocycles. The SMILES string of the molecule is Cc1ccc2c(c1)C(=O)C(C)(c1ccccc1)S2.Cc1ccc2c(c1)C(O)(C1CCN(C)CC1)C(C)(c1ccccc1)S2.